The summed E-state index contributed by atoms with van der Waals surface area (Å²) < 4.78 is 0. The molecule has 1 fully saturated rings. The fraction of sp³-hybridized carbons (Fsp3) is 0.200. The Morgan fingerprint density at radius 1 is 0.950 bits per heavy atom. The molecule has 0 aromatic heterocycles. The van der Waals surface area contributed by atoms with Gasteiger partial charge in [-0.3, -0.25) is 5.32 Å². The summed E-state index contributed by atoms with van der Waals surface area (Å²) in [7, 11) is 0. The van der Waals surface area contributed by atoms with Crippen molar-refractivity contribution < 1.29 is 10.2 Å². The number of hydrogen-bond donors (Lipinski definition) is 4. The van der Waals surface area contributed by atoms with Crippen LogP contribution in [0, 0.1) is 0 Å². The molecule has 0 spiro atoms. The molecule has 4 N–H and O–H groups in total. The van der Waals surface area contributed by atoms with Crippen LogP contribution in [0.15, 0.2) is 48.5 Å². The molecule has 4 nitrogen and oxygen atoms in total. The van der Waals surface area contributed by atoms with E-state index in [4.69, 9.17) is 0 Å². The molecular weight excluding hydrogens is 272 g/mol. The molecule has 5 heteroatoms. The lowest BCUT2D eigenvalue weighted by atomic mass is 10.1. The molecule has 20 heavy (non-hydrogen) atoms. The number of phenolic OH excluding ortho intramolecular Hbond substituents is 2. The quantitative estimate of drug-likeness (QED) is 0.654. The molecule has 0 saturated carbocycles. The summed E-state index contributed by atoms with van der Waals surface area (Å²) in [6.07, 6.45) is 0. The smallest absolute Gasteiger partial charge is 0.126 e. The van der Waals surface area contributed by atoms with Gasteiger partial charge in [0.15, 0.2) is 0 Å². The van der Waals surface area contributed by atoms with Gasteiger partial charge in [-0.1, -0.05) is 12.1 Å². The van der Waals surface area contributed by atoms with Crippen molar-refractivity contribution in [1.29, 1.82) is 0 Å². The molecule has 0 bridgehead atoms. The first kappa shape index (κ1) is 13.1. The van der Waals surface area contributed by atoms with E-state index in [1.807, 2.05) is 24.3 Å². The van der Waals surface area contributed by atoms with E-state index in [2.05, 4.69) is 10.6 Å². The zero-order valence-electron chi connectivity index (χ0n) is 10.8. The Morgan fingerprint density at radius 2 is 1.55 bits per heavy atom. The van der Waals surface area contributed by atoms with E-state index in [1.165, 1.54) is 5.56 Å². The van der Waals surface area contributed by atoms with Crippen molar-refractivity contribution in [2.45, 2.75) is 11.5 Å². The van der Waals surface area contributed by atoms with Crippen molar-refractivity contribution in [2.24, 2.45) is 0 Å². The van der Waals surface area contributed by atoms with Crippen molar-refractivity contribution in [2.75, 3.05) is 11.1 Å². The van der Waals surface area contributed by atoms with Gasteiger partial charge in [-0.05, 0) is 42.0 Å². The molecule has 0 aliphatic carbocycles. The summed E-state index contributed by atoms with van der Waals surface area (Å²) in [6.45, 7) is 0. The third-order valence-electron chi connectivity index (χ3n) is 3.24. The molecule has 2 atom stereocenters. The number of thioether (sulfide) groups is 1. The van der Waals surface area contributed by atoms with E-state index in [0.717, 1.165) is 11.4 Å². The summed E-state index contributed by atoms with van der Waals surface area (Å²) in [5.41, 5.74) is 2.28. The monoisotopic (exact) mass is 288 g/mol. The first-order valence-corrected chi connectivity index (χ1v) is 7.48. The first-order valence-electron chi connectivity index (χ1n) is 6.43. The van der Waals surface area contributed by atoms with E-state index in [1.54, 1.807) is 36.0 Å². The summed E-state index contributed by atoms with van der Waals surface area (Å²) in [4.78, 5) is 0. The Balaban J connectivity index is 1.62. The third kappa shape index (κ3) is 3.00. The molecule has 0 radical (unpaired) electrons. The molecule has 0 amide bonds. The van der Waals surface area contributed by atoms with Crippen LogP contribution in [0.2, 0.25) is 0 Å². The molecule has 2 aromatic carbocycles. The van der Waals surface area contributed by atoms with Crippen LogP contribution >= 0.6 is 11.8 Å². The van der Waals surface area contributed by atoms with Gasteiger partial charge in [0.1, 0.15) is 17.0 Å². The lowest BCUT2D eigenvalue weighted by molar-refractivity contribution is 0.474. The van der Waals surface area contributed by atoms with E-state index >= 15 is 0 Å². The van der Waals surface area contributed by atoms with Gasteiger partial charge in [0.25, 0.3) is 0 Å². The molecule has 104 valence electrons. The number of rotatable bonds is 3. The zero-order chi connectivity index (χ0) is 13.9. The first-order chi connectivity index (χ1) is 9.70. The predicted octanol–water partition coefficient (Wildman–Crippen LogP) is 2.87. The fourth-order valence-corrected chi connectivity index (χ4v) is 3.32. The molecule has 1 saturated heterocycles. The highest BCUT2D eigenvalue weighted by Gasteiger charge is 2.25. The van der Waals surface area contributed by atoms with Crippen LogP contribution in [0.3, 0.4) is 0 Å². The van der Waals surface area contributed by atoms with Crippen LogP contribution in [0.1, 0.15) is 11.6 Å². The minimum Gasteiger partial charge on any atom is -0.508 e. The Labute approximate surface area is 121 Å². The standard InChI is InChI=1S/C15H16N2O2S/c18-12-5-1-10(2-6-12)14-9-20-15(17-14)16-11-3-7-13(19)8-4-11/h1-8,14-19H,9H2. The topological polar surface area (TPSA) is 64.5 Å². The summed E-state index contributed by atoms with van der Waals surface area (Å²) in [5.74, 6) is 1.53. The van der Waals surface area contributed by atoms with Gasteiger partial charge >= 0.3 is 0 Å². The van der Waals surface area contributed by atoms with Gasteiger partial charge in [0.2, 0.25) is 0 Å². The minimum absolute atomic E-state index is 0.137. The lowest BCUT2D eigenvalue weighted by Gasteiger charge is -2.16. The molecule has 1 heterocycles. The number of aromatic hydroxyl groups is 2. The van der Waals surface area contributed by atoms with E-state index in [-0.39, 0.29) is 23.0 Å². The normalized spacial score (nSPS) is 21.8. The maximum absolute atomic E-state index is 9.31. The number of anilines is 1. The SMILES string of the molecule is Oc1ccc(NC2NC(c3ccc(O)cc3)CS2)cc1. The number of benzene rings is 2. The summed E-state index contributed by atoms with van der Waals surface area (Å²) in [5, 5.41) is 25.4. The summed E-state index contributed by atoms with van der Waals surface area (Å²) >= 11 is 1.80. The lowest BCUT2D eigenvalue weighted by Crippen LogP contribution is -2.29. The second-order valence-electron chi connectivity index (χ2n) is 4.72. The van der Waals surface area contributed by atoms with Crippen molar-refractivity contribution in [3.63, 3.8) is 0 Å². The van der Waals surface area contributed by atoms with E-state index < -0.39 is 0 Å². The highest BCUT2D eigenvalue weighted by atomic mass is 32.2. The van der Waals surface area contributed by atoms with Crippen LogP contribution < -0.4 is 10.6 Å². The van der Waals surface area contributed by atoms with Gasteiger partial charge < -0.3 is 15.5 Å². The molecule has 1 aliphatic heterocycles. The molecular formula is C15H16N2O2S. The zero-order valence-corrected chi connectivity index (χ0v) is 11.6. The van der Waals surface area contributed by atoms with Crippen molar-refractivity contribution in [1.82, 2.24) is 5.32 Å². The van der Waals surface area contributed by atoms with Crippen LogP contribution in [0.5, 0.6) is 11.5 Å². The molecule has 2 aromatic rings. The van der Waals surface area contributed by atoms with Crippen molar-refractivity contribution in [3.8, 4) is 11.5 Å². The second kappa shape index (κ2) is 5.64. The van der Waals surface area contributed by atoms with Crippen LogP contribution in [0.25, 0.3) is 0 Å². The second-order valence-corrected chi connectivity index (χ2v) is 5.85. The highest BCUT2D eigenvalue weighted by molar-refractivity contribution is 8.00. The van der Waals surface area contributed by atoms with Crippen LogP contribution in [0.4, 0.5) is 5.69 Å². The van der Waals surface area contributed by atoms with E-state index in [9.17, 15) is 10.2 Å². The fourth-order valence-electron chi connectivity index (χ4n) is 2.16. The van der Waals surface area contributed by atoms with Crippen LogP contribution in [-0.2, 0) is 0 Å². The average molecular weight is 288 g/mol. The third-order valence-corrected chi connectivity index (χ3v) is 4.36. The molecule has 1 aliphatic rings. The Kier molecular flexibility index (Phi) is 3.71. The minimum atomic E-state index is 0.137. The van der Waals surface area contributed by atoms with Crippen LogP contribution in [-0.4, -0.2) is 21.5 Å². The molecule has 2 unspecified atom stereocenters. The van der Waals surface area contributed by atoms with Gasteiger partial charge in [-0.15, -0.1) is 11.8 Å². The van der Waals surface area contributed by atoms with Gasteiger partial charge in [-0.2, -0.15) is 0 Å². The Morgan fingerprint density at radius 3 is 2.20 bits per heavy atom. The highest BCUT2D eigenvalue weighted by Crippen LogP contribution is 2.30. The van der Waals surface area contributed by atoms with Gasteiger partial charge in [-0.25, -0.2) is 0 Å². The number of phenols is 2. The maximum atomic E-state index is 9.31. The Bertz CT molecular complexity index is 571. The predicted molar refractivity (Wildman–Crippen MR) is 82.0 cm³/mol. The van der Waals surface area contributed by atoms with E-state index in [0.29, 0.717) is 0 Å². The van der Waals surface area contributed by atoms with Crippen molar-refractivity contribution in [3.05, 3.63) is 54.1 Å². The Hall–Kier alpha value is -1.85. The van der Waals surface area contributed by atoms with Gasteiger partial charge in [0, 0.05) is 17.5 Å². The van der Waals surface area contributed by atoms with Crippen molar-refractivity contribution >= 4 is 17.4 Å². The average Bonchev–Trinajstić information content (AvgIpc) is 2.91. The number of hydrogen-bond acceptors (Lipinski definition) is 5. The summed E-state index contributed by atoms with van der Waals surface area (Å²) in [6, 6.07) is 14.6. The van der Waals surface area contributed by atoms with Gasteiger partial charge in [0.05, 0.1) is 0 Å². The largest absolute Gasteiger partial charge is 0.508 e. The maximum Gasteiger partial charge on any atom is 0.126 e. The number of nitrogens with one attached hydrogen (secondary N) is 2. The molecule has 3 rings (SSSR count).